The van der Waals surface area contributed by atoms with Crippen molar-refractivity contribution in [2.45, 2.75) is 9.92 Å². The van der Waals surface area contributed by atoms with Crippen molar-refractivity contribution in [2.75, 3.05) is 7.11 Å². The molecule has 1 aromatic carbocycles. The van der Waals surface area contributed by atoms with Gasteiger partial charge < -0.3 is 4.74 Å². The number of nitriles is 1. The molecule has 0 aliphatic heterocycles. The van der Waals surface area contributed by atoms with Crippen molar-refractivity contribution in [2.24, 2.45) is 0 Å². The van der Waals surface area contributed by atoms with Crippen LogP contribution >= 0.6 is 11.8 Å². The van der Waals surface area contributed by atoms with E-state index < -0.39 is 0 Å². The predicted octanol–water partition coefficient (Wildman–Crippen LogP) is 3.11. The smallest absolute Gasteiger partial charge is 0.141 e. The SMILES string of the molecule is COc1ccccc1Sc1cccc(C#N)n1. The van der Waals surface area contributed by atoms with E-state index in [0.717, 1.165) is 15.7 Å². The molecule has 0 unspecified atom stereocenters. The van der Waals surface area contributed by atoms with E-state index >= 15 is 0 Å². The number of ether oxygens (including phenoxy) is 1. The number of benzene rings is 1. The number of nitrogens with zero attached hydrogens (tertiary/aromatic N) is 2. The number of rotatable bonds is 3. The summed E-state index contributed by atoms with van der Waals surface area (Å²) in [5, 5.41) is 9.57. The molecule has 2 rings (SSSR count). The number of pyridine rings is 1. The second-order valence-electron chi connectivity index (χ2n) is 3.23. The summed E-state index contributed by atoms with van der Waals surface area (Å²) in [6.45, 7) is 0. The number of methoxy groups -OCH3 is 1. The lowest BCUT2D eigenvalue weighted by Gasteiger charge is -2.06. The molecule has 0 bridgehead atoms. The first-order chi connectivity index (χ1) is 8.33. The van der Waals surface area contributed by atoms with Crippen LogP contribution in [0.3, 0.4) is 0 Å². The minimum atomic E-state index is 0.421. The third-order valence-electron chi connectivity index (χ3n) is 2.12. The van der Waals surface area contributed by atoms with Gasteiger partial charge in [0, 0.05) is 0 Å². The zero-order chi connectivity index (χ0) is 12.1. The van der Waals surface area contributed by atoms with Crippen LogP contribution in [0.4, 0.5) is 0 Å². The molecule has 0 saturated heterocycles. The summed E-state index contributed by atoms with van der Waals surface area (Å²) in [4.78, 5) is 5.19. The molecule has 0 radical (unpaired) electrons. The highest BCUT2D eigenvalue weighted by Crippen LogP contribution is 2.33. The van der Waals surface area contributed by atoms with Crippen LogP contribution in [-0.4, -0.2) is 12.1 Å². The van der Waals surface area contributed by atoms with Crippen LogP contribution in [-0.2, 0) is 0 Å². The summed E-state index contributed by atoms with van der Waals surface area (Å²) < 4.78 is 5.26. The van der Waals surface area contributed by atoms with E-state index in [1.807, 2.05) is 42.5 Å². The summed E-state index contributed by atoms with van der Waals surface area (Å²) in [6.07, 6.45) is 0. The Hall–Kier alpha value is -1.99. The van der Waals surface area contributed by atoms with E-state index in [1.165, 1.54) is 11.8 Å². The molecule has 0 aliphatic rings. The van der Waals surface area contributed by atoms with Crippen LogP contribution in [0.1, 0.15) is 5.69 Å². The summed E-state index contributed by atoms with van der Waals surface area (Å²) in [5.74, 6) is 0.807. The molecule has 0 atom stereocenters. The van der Waals surface area contributed by atoms with Gasteiger partial charge in [-0.25, -0.2) is 4.98 Å². The van der Waals surface area contributed by atoms with Crippen LogP contribution in [0.25, 0.3) is 0 Å². The van der Waals surface area contributed by atoms with Crippen LogP contribution in [0.15, 0.2) is 52.4 Å². The van der Waals surface area contributed by atoms with Gasteiger partial charge in [-0.3, -0.25) is 0 Å². The van der Waals surface area contributed by atoms with Crippen LogP contribution in [0, 0.1) is 11.3 Å². The Morgan fingerprint density at radius 2 is 2.00 bits per heavy atom. The molecule has 2 aromatic rings. The fraction of sp³-hybridized carbons (Fsp3) is 0.0769. The van der Waals surface area contributed by atoms with Gasteiger partial charge in [-0.05, 0) is 24.3 Å². The van der Waals surface area contributed by atoms with Crippen LogP contribution in [0.5, 0.6) is 5.75 Å². The Bertz CT molecular complexity index is 563. The van der Waals surface area contributed by atoms with Crippen molar-refractivity contribution >= 4 is 11.8 Å². The largest absolute Gasteiger partial charge is 0.496 e. The topological polar surface area (TPSA) is 45.9 Å². The number of para-hydroxylation sites is 1. The number of aromatic nitrogens is 1. The molecule has 0 spiro atoms. The summed E-state index contributed by atoms with van der Waals surface area (Å²) >= 11 is 1.48. The van der Waals surface area contributed by atoms with Gasteiger partial charge >= 0.3 is 0 Å². The van der Waals surface area contributed by atoms with Crippen molar-refractivity contribution in [3.63, 3.8) is 0 Å². The summed E-state index contributed by atoms with van der Waals surface area (Å²) in [6, 6.07) is 15.1. The van der Waals surface area contributed by atoms with Crippen molar-refractivity contribution in [1.29, 1.82) is 5.26 Å². The van der Waals surface area contributed by atoms with Crippen molar-refractivity contribution in [3.05, 3.63) is 48.2 Å². The first-order valence-electron chi connectivity index (χ1n) is 5.01. The lowest BCUT2D eigenvalue weighted by atomic mass is 10.3. The molecule has 1 heterocycles. The van der Waals surface area contributed by atoms with Gasteiger partial charge in [0.2, 0.25) is 0 Å². The van der Waals surface area contributed by atoms with E-state index in [0.29, 0.717) is 5.69 Å². The normalized spacial score (nSPS) is 9.65. The molecule has 1 aromatic heterocycles. The molecular weight excluding hydrogens is 232 g/mol. The lowest BCUT2D eigenvalue weighted by molar-refractivity contribution is 0.405. The Morgan fingerprint density at radius 3 is 2.76 bits per heavy atom. The fourth-order valence-electron chi connectivity index (χ4n) is 1.35. The molecule has 0 amide bonds. The van der Waals surface area contributed by atoms with Gasteiger partial charge in [-0.15, -0.1) is 0 Å². The standard InChI is InChI=1S/C13H10N2OS/c1-16-11-6-2-3-7-12(11)17-13-8-4-5-10(9-14)15-13/h2-8H,1H3. The highest BCUT2D eigenvalue weighted by Gasteiger charge is 2.05. The molecule has 17 heavy (non-hydrogen) atoms. The fourth-order valence-corrected chi connectivity index (χ4v) is 2.26. The van der Waals surface area contributed by atoms with Crippen LogP contribution in [0.2, 0.25) is 0 Å². The van der Waals surface area contributed by atoms with Crippen LogP contribution < -0.4 is 4.74 Å². The molecule has 0 aliphatic carbocycles. The van der Waals surface area contributed by atoms with Gasteiger partial charge in [-0.1, -0.05) is 30.0 Å². The first kappa shape index (κ1) is 11.5. The van der Waals surface area contributed by atoms with Crippen molar-refractivity contribution in [3.8, 4) is 11.8 Å². The first-order valence-corrected chi connectivity index (χ1v) is 5.83. The Kier molecular flexibility index (Phi) is 3.63. The van der Waals surface area contributed by atoms with E-state index in [4.69, 9.17) is 10.00 Å². The minimum absolute atomic E-state index is 0.421. The third-order valence-corrected chi connectivity index (χ3v) is 3.12. The van der Waals surface area contributed by atoms with Crippen molar-refractivity contribution < 1.29 is 4.74 Å². The highest BCUT2D eigenvalue weighted by atomic mass is 32.2. The monoisotopic (exact) mass is 242 g/mol. The van der Waals surface area contributed by atoms with E-state index in [9.17, 15) is 0 Å². The zero-order valence-corrected chi connectivity index (χ0v) is 10.1. The quantitative estimate of drug-likeness (QED) is 0.829. The average molecular weight is 242 g/mol. The lowest BCUT2D eigenvalue weighted by Crippen LogP contribution is -1.87. The molecule has 0 N–H and O–H groups in total. The van der Waals surface area contributed by atoms with Gasteiger partial charge in [0.05, 0.1) is 12.0 Å². The molecule has 4 heteroatoms. The predicted molar refractivity (Wildman–Crippen MR) is 66.1 cm³/mol. The van der Waals surface area contributed by atoms with E-state index in [-0.39, 0.29) is 0 Å². The average Bonchev–Trinajstić information content (AvgIpc) is 2.39. The Balaban J connectivity index is 2.28. The number of hydrogen-bond acceptors (Lipinski definition) is 4. The van der Waals surface area contributed by atoms with Gasteiger partial charge in [0.25, 0.3) is 0 Å². The second kappa shape index (κ2) is 5.37. The van der Waals surface area contributed by atoms with Crippen molar-refractivity contribution in [1.82, 2.24) is 4.98 Å². The maximum atomic E-state index is 8.78. The molecule has 84 valence electrons. The van der Waals surface area contributed by atoms with E-state index in [1.54, 1.807) is 13.2 Å². The van der Waals surface area contributed by atoms with Gasteiger partial charge in [-0.2, -0.15) is 5.26 Å². The zero-order valence-electron chi connectivity index (χ0n) is 9.25. The second-order valence-corrected chi connectivity index (χ2v) is 4.29. The molecule has 3 nitrogen and oxygen atoms in total. The molecular formula is C13H10N2OS. The maximum Gasteiger partial charge on any atom is 0.141 e. The maximum absolute atomic E-state index is 8.78. The minimum Gasteiger partial charge on any atom is -0.496 e. The number of hydrogen-bond donors (Lipinski definition) is 0. The summed E-state index contributed by atoms with van der Waals surface area (Å²) in [7, 11) is 1.64. The van der Waals surface area contributed by atoms with Gasteiger partial charge in [0.1, 0.15) is 22.5 Å². The molecule has 0 saturated carbocycles. The summed E-state index contributed by atoms with van der Waals surface area (Å²) in [5.41, 5.74) is 0.421. The third kappa shape index (κ3) is 2.77. The Morgan fingerprint density at radius 1 is 1.18 bits per heavy atom. The highest BCUT2D eigenvalue weighted by molar-refractivity contribution is 7.99. The van der Waals surface area contributed by atoms with E-state index in [2.05, 4.69) is 4.98 Å². The Labute approximate surface area is 104 Å². The van der Waals surface area contributed by atoms with Gasteiger partial charge in [0.15, 0.2) is 0 Å². The molecule has 0 fully saturated rings.